The van der Waals surface area contributed by atoms with Crippen molar-refractivity contribution in [2.45, 2.75) is 46.5 Å². The highest BCUT2D eigenvalue weighted by Gasteiger charge is 2.10. The number of hydrogen-bond donors (Lipinski definition) is 1. The molecule has 0 spiro atoms. The van der Waals surface area contributed by atoms with Gasteiger partial charge < -0.3 is 5.32 Å². The molecule has 0 fully saturated rings. The van der Waals surface area contributed by atoms with Crippen molar-refractivity contribution in [2.75, 3.05) is 5.32 Å². The normalized spacial score (nSPS) is 10.6. The van der Waals surface area contributed by atoms with Crippen LogP contribution in [0.3, 0.4) is 0 Å². The molecule has 0 aliphatic heterocycles. The van der Waals surface area contributed by atoms with Crippen LogP contribution in [0.5, 0.6) is 0 Å². The van der Waals surface area contributed by atoms with Gasteiger partial charge in [0.05, 0.1) is 5.69 Å². The van der Waals surface area contributed by atoms with Crippen LogP contribution in [0.1, 0.15) is 53.7 Å². The van der Waals surface area contributed by atoms with E-state index in [2.05, 4.69) is 26.3 Å². The summed E-state index contributed by atoms with van der Waals surface area (Å²) in [7, 11) is 0. The fourth-order valence-electron chi connectivity index (χ4n) is 4.09. The number of nitrogens with one attached hydrogen (secondary N) is 1. The van der Waals surface area contributed by atoms with Gasteiger partial charge in [-0.1, -0.05) is 42.0 Å². The Hall–Kier alpha value is -4.45. The van der Waals surface area contributed by atoms with E-state index < -0.39 is 0 Å². The molecule has 2 heterocycles. The van der Waals surface area contributed by atoms with Crippen LogP contribution in [-0.2, 0) is 17.6 Å². The molecule has 0 atom stereocenters. The van der Waals surface area contributed by atoms with Crippen LogP contribution < -0.4 is 5.32 Å². The maximum Gasteiger partial charge on any atom is 0.227 e. The Bertz CT molecular complexity index is 1440. The minimum Gasteiger partial charge on any atom is -0.324 e. The summed E-state index contributed by atoms with van der Waals surface area (Å²) >= 11 is 0. The number of aromatic nitrogens is 3. The predicted octanol–water partition coefficient (Wildman–Crippen LogP) is 6.87. The first-order valence-electron chi connectivity index (χ1n) is 12.8. The molecule has 2 aromatic heterocycles. The monoisotopic (exact) mass is 504 g/mol. The van der Waals surface area contributed by atoms with Crippen LogP contribution in [0.4, 0.5) is 11.6 Å². The van der Waals surface area contributed by atoms with Gasteiger partial charge in [-0.25, -0.2) is 9.97 Å². The lowest BCUT2D eigenvalue weighted by Crippen LogP contribution is -2.03. The van der Waals surface area contributed by atoms with Crippen LogP contribution >= 0.6 is 0 Å². The largest absolute Gasteiger partial charge is 0.324 e. The highest BCUT2D eigenvalue weighted by atomic mass is 16.1. The van der Waals surface area contributed by atoms with Crippen LogP contribution in [-0.4, -0.2) is 26.5 Å². The Morgan fingerprint density at radius 1 is 0.895 bits per heavy atom. The van der Waals surface area contributed by atoms with E-state index in [-0.39, 0.29) is 11.6 Å². The molecule has 1 N–H and O–H groups in total. The number of rotatable bonds is 11. The minimum atomic E-state index is 0.0970. The standard InChI is InChI=1S/C32H32N4O2/c1-22(2)19-28(37)14-10-24-8-12-26(13-9-24)31(38)15-11-25-7-6-23(3)30(20-25)36-32-34-18-16-29(35-32)27-5-4-17-33-21-27/h4-9,12-13,16-21H,10-11,14-15H2,1-3H3,(H,34,35,36). The van der Waals surface area contributed by atoms with Gasteiger partial charge in [-0.15, -0.1) is 0 Å². The van der Waals surface area contributed by atoms with Crippen LogP contribution in [0.15, 0.2) is 90.9 Å². The number of benzene rings is 2. The highest BCUT2D eigenvalue weighted by Crippen LogP contribution is 2.23. The van der Waals surface area contributed by atoms with Gasteiger partial charge in [-0.3, -0.25) is 14.6 Å². The molecule has 0 aliphatic rings. The van der Waals surface area contributed by atoms with Gasteiger partial charge in [0.15, 0.2) is 11.6 Å². The molecule has 6 heteroatoms. The molecule has 4 aromatic rings. The van der Waals surface area contributed by atoms with Crippen molar-refractivity contribution in [1.82, 2.24) is 15.0 Å². The molecular formula is C32H32N4O2. The number of anilines is 2. The number of nitrogens with zero attached hydrogens (tertiary/aromatic N) is 3. The SMILES string of the molecule is CC(C)=CC(=O)CCc1ccc(C(=O)CCc2ccc(C)c(Nc3nccc(-c4cccnc4)n3)c2)cc1. The topological polar surface area (TPSA) is 84.8 Å². The van der Waals surface area contributed by atoms with E-state index in [0.717, 1.165) is 39.2 Å². The summed E-state index contributed by atoms with van der Waals surface area (Å²) in [6.07, 6.45) is 9.09. The fourth-order valence-corrected chi connectivity index (χ4v) is 4.09. The fraction of sp³-hybridized carbons (Fsp3) is 0.219. The van der Waals surface area contributed by atoms with E-state index >= 15 is 0 Å². The number of carbonyl (C=O) groups is 2. The zero-order chi connectivity index (χ0) is 26.9. The van der Waals surface area contributed by atoms with E-state index in [1.165, 1.54) is 0 Å². The molecule has 0 aliphatic carbocycles. The van der Waals surface area contributed by atoms with Crippen molar-refractivity contribution >= 4 is 23.2 Å². The second-order valence-corrected chi connectivity index (χ2v) is 9.59. The summed E-state index contributed by atoms with van der Waals surface area (Å²) in [6.45, 7) is 5.87. The molecule has 192 valence electrons. The maximum atomic E-state index is 12.8. The van der Waals surface area contributed by atoms with Crippen molar-refractivity contribution in [3.8, 4) is 11.3 Å². The number of allylic oxidation sites excluding steroid dienone is 2. The number of Topliss-reactive ketones (excluding diaryl/α,β-unsaturated/α-hetero) is 1. The number of pyridine rings is 1. The molecule has 4 rings (SSSR count). The van der Waals surface area contributed by atoms with E-state index in [1.54, 1.807) is 24.7 Å². The van der Waals surface area contributed by atoms with Gasteiger partial charge in [0.1, 0.15) is 0 Å². The van der Waals surface area contributed by atoms with E-state index in [9.17, 15) is 9.59 Å². The van der Waals surface area contributed by atoms with Crippen LogP contribution in [0, 0.1) is 6.92 Å². The molecule has 0 bridgehead atoms. The molecule has 0 saturated carbocycles. The summed E-state index contributed by atoms with van der Waals surface area (Å²) < 4.78 is 0. The third kappa shape index (κ3) is 7.53. The first-order chi connectivity index (χ1) is 18.4. The van der Waals surface area contributed by atoms with E-state index in [4.69, 9.17) is 0 Å². The maximum absolute atomic E-state index is 12.8. The average molecular weight is 505 g/mol. The number of ketones is 2. The molecule has 2 aromatic carbocycles. The molecule has 38 heavy (non-hydrogen) atoms. The Balaban J connectivity index is 1.36. The second-order valence-electron chi connectivity index (χ2n) is 9.59. The van der Waals surface area contributed by atoms with Crippen LogP contribution in [0.2, 0.25) is 0 Å². The summed E-state index contributed by atoms with van der Waals surface area (Å²) in [4.78, 5) is 37.9. The number of hydrogen-bond acceptors (Lipinski definition) is 6. The molecule has 0 unspecified atom stereocenters. The van der Waals surface area contributed by atoms with Gasteiger partial charge in [0.25, 0.3) is 0 Å². The third-order valence-corrected chi connectivity index (χ3v) is 6.19. The highest BCUT2D eigenvalue weighted by molar-refractivity contribution is 5.96. The van der Waals surface area contributed by atoms with E-state index in [0.29, 0.717) is 37.2 Å². The van der Waals surface area contributed by atoms with Crippen molar-refractivity contribution < 1.29 is 9.59 Å². The molecule has 0 saturated heterocycles. The van der Waals surface area contributed by atoms with Crippen molar-refractivity contribution in [1.29, 1.82) is 0 Å². The van der Waals surface area contributed by atoms with Gasteiger partial charge in [0, 0.05) is 48.2 Å². The Labute approximate surface area is 223 Å². The number of aryl methyl sites for hydroxylation is 3. The first-order valence-corrected chi connectivity index (χ1v) is 12.8. The third-order valence-electron chi connectivity index (χ3n) is 6.19. The Kier molecular flexibility index (Phi) is 8.88. The van der Waals surface area contributed by atoms with Gasteiger partial charge >= 0.3 is 0 Å². The second kappa shape index (κ2) is 12.7. The summed E-state index contributed by atoms with van der Waals surface area (Å²) in [5.41, 5.74) is 7.50. The summed E-state index contributed by atoms with van der Waals surface area (Å²) in [6, 6.07) is 19.4. The van der Waals surface area contributed by atoms with Crippen molar-refractivity contribution in [3.63, 3.8) is 0 Å². The lowest BCUT2D eigenvalue weighted by atomic mass is 9.99. The van der Waals surface area contributed by atoms with Gasteiger partial charge in [-0.05, 0) is 80.6 Å². The zero-order valence-corrected chi connectivity index (χ0v) is 22.1. The Morgan fingerprint density at radius 2 is 1.66 bits per heavy atom. The molecular weight excluding hydrogens is 472 g/mol. The minimum absolute atomic E-state index is 0.0970. The predicted molar refractivity (Wildman–Crippen MR) is 152 cm³/mol. The Morgan fingerprint density at radius 3 is 2.39 bits per heavy atom. The zero-order valence-electron chi connectivity index (χ0n) is 22.1. The van der Waals surface area contributed by atoms with Crippen molar-refractivity contribution in [2.24, 2.45) is 0 Å². The van der Waals surface area contributed by atoms with E-state index in [1.807, 2.05) is 75.4 Å². The summed E-state index contributed by atoms with van der Waals surface area (Å²) in [5, 5.41) is 3.32. The van der Waals surface area contributed by atoms with Crippen molar-refractivity contribution in [3.05, 3.63) is 113 Å². The molecule has 0 radical (unpaired) electrons. The molecule has 6 nitrogen and oxygen atoms in total. The van der Waals surface area contributed by atoms with Crippen LogP contribution in [0.25, 0.3) is 11.3 Å². The molecule has 0 amide bonds. The summed E-state index contributed by atoms with van der Waals surface area (Å²) in [5.74, 6) is 0.731. The average Bonchev–Trinajstić information content (AvgIpc) is 2.93. The smallest absolute Gasteiger partial charge is 0.227 e. The number of carbonyl (C=O) groups excluding carboxylic acids is 2. The lowest BCUT2D eigenvalue weighted by Gasteiger charge is -2.11. The van der Waals surface area contributed by atoms with Gasteiger partial charge in [0.2, 0.25) is 5.95 Å². The van der Waals surface area contributed by atoms with Gasteiger partial charge in [-0.2, -0.15) is 0 Å². The first kappa shape index (κ1) is 26.6. The lowest BCUT2D eigenvalue weighted by molar-refractivity contribution is -0.114. The quantitative estimate of drug-likeness (QED) is 0.177.